The Morgan fingerprint density at radius 1 is 1.07 bits per heavy atom. The largest absolute Gasteiger partial charge is 0.297 e. The first-order valence-corrected chi connectivity index (χ1v) is 11.1. The number of aromatic nitrogens is 3. The van der Waals surface area contributed by atoms with Gasteiger partial charge in [-0.25, -0.2) is 9.67 Å². The zero-order chi connectivity index (χ0) is 20.4. The highest BCUT2D eigenvalue weighted by Crippen LogP contribution is 2.26. The van der Waals surface area contributed by atoms with Gasteiger partial charge >= 0.3 is 0 Å². The average Bonchev–Trinajstić information content (AvgIpc) is 3.17. The Kier molecular flexibility index (Phi) is 5.65. The maximum absolute atomic E-state index is 12.4. The Balaban J connectivity index is 1.39. The van der Waals surface area contributed by atoms with E-state index in [0.717, 1.165) is 48.9 Å². The lowest BCUT2D eigenvalue weighted by Crippen LogP contribution is -2.38. The summed E-state index contributed by atoms with van der Waals surface area (Å²) in [4.78, 5) is 19.6. The van der Waals surface area contributed by atoms with Crippen LogP contribution in [-0.4, -0.2) is 32.8 Å². The lowest BCUT2D eigenvalue weighted by molar-refractivity contribution is 0.168. The number of thiazole rings is 1. The highest BCUT2D eigenvalue weighted by atomic mass is 32.1. The van der Waals surface area contributed by atoms with Crippen molar-refractivity contribution < 1.29 is 0 Å². The molecular weight excluding hydrogens is 380 g/mol. The summed E-state index contributed by atoms with van der Waals surface area (Å²) in [5.41, 5.74) is 3.21. The van der Waals surface area contributed by atoms with Crippen molar-refractivity contribution in [1.82, 2.24) is 19.7 Å². The number of rotatable bonds is 4. The minimum Gasteiger partial charge on any atom is -0.297 e. The first kappa shape index (κ1) is 20.0. The molecule has 0 saturated carbocycles. The molecule has 0 atom stereocenters. The summed E-state index contributed by atoms with van der Waals surface area (Å²) in [6, 6.07) is 14.0. The van der Waals surface area contributed by atoms with Crippen LogP contribution in [0.5, 0.6) is 0 Å². The van der Waals surface area contributed by atoms with Gasteiger partial charge in [-0.1, -0.05) is 51.1 Å². The summed E-state index contributed by atoms with van der Waals surface area (Å²) in [6.45, 7) is 9.16. The highest BCUT2D eigenvalue weighted by molar-refractivity contribution is 7.13. The monoisotopic (exact) mass is 408 g/mol. The van der Waals surface area contributed by atoms with E-state index in [1.54, 1.807) is 22.1 Å². The van der Waals surface area contributed by atoms with Gasteiger partial charge in [-0.05, 0) is 18.9 Å². The van der Waals surface area contributed by atoms with Gasteiger partial charge in [-0.2, -0.15) is 5.10 Å². The van der Waals surface area contributed by atoms with E-state index in [1.807, 2.05) is 24.3 Å². The predicted octanol–water partition coefficient (Wildman–Crippen LogP) is 4.50. The molecule has 0 aliphatic carbocycles. The highest BCUT2D eigenvalue weighted by Gasteiger charge is 2.24. The molecule has 152 valence electrons. The quantitative estimate of drug-likeness (QED) is 0.638. The maximum atomic E-state index is 12.4. The van der Waals surface area contributed by atoms with Crippen LogP contribution >= 0.6 is 11.3 Å². The van der Waals surface area contributed by atoms with Crippen molar-refractivity contribution in [3.8, 4) is 10.6 Å². The van der Waals surface area contributed by atoms with Crippen LogP contribution in [0, 0.1) is 0 Å². The molecule has 4 rings (SSSR count). The Labute approximate surface area is 176 Å². The van der Waals surface area contributed by atoms with Crippen LogP contribution in [0.1, 0.15) is 51.0 Å². The van der Waals surface area contributed by atoms with E-state index in [9.17, 15) is 4.79 Å². The molecule has 29 heavy (non-hydrogen) atoms. The fraction of sp³-hybridized carbons (Fsp3) is 0.435. The molecule has 2 aromatic heterocycles. The van der Waals surface area contributed by atoms with Crippen LogP contribution < -0.4 is 5.56 Å². The van der Waals surface area contributed by atoms with Crippen molar-refractivity contribution in [2.45, 2.75) is 51.6 Å². The molecule has 0 spiro atoms. The molecule has 0 amide bonds. The van der Waals surface area contributed by atoms with Gasteiger partial charge in [-0.15, -0.1) is 11.3 Å². The van der Waals surface area contributed by atoms with Crippen LogP contribution in [0.25, 0.3) is 10.6 Å². The van der Waals surface area contributed by atoms with Crippen LogP contribution in [0.15, 0.2) is 52.6 Å². The summed E-state index contributed by atoms with van der Waals surface area (Å²) in [5.74, 6) is 0. The average molecular weight is 409 g/mol. The first-order chi connectivity index (χ1) is 13.9. The van der Waals surface area contributed by atoms with Crippen molar-refractivity contribution in [2.75, 3.05) is 13.1 Å². The van der Waals surface area contributed by atoms with Crippen LogP contribution in [0.3, 0.4) is 0 Å². The second-order valence-electron chi connectivity index (χ2n) is 8.77. The molecule has 3 aromatic rings. The lowest BCUT2D eigenvalue weighted by Gasteiger charge is -2.32. The van der Waals surface area contributed by atoms with Crippen molar-refractivity contribution in [2.24, 2.45) is 0 Å². The second-order valence-corrected chi connectivity index (χ2v) is 9.63. The van der Waals surface area contributed by atoms with E-state index in [4.69, 9.17) is 4.98 Å². The molecule has 0 unspecified atom stereocenters. The molecule has 0 radical (unpaired) electrons. The van der Waals surface area contributed by atoms with Crippen molar-refractivity contribution in [1.29, 1.82) is 0 Å². The number of benzene rings is 1. The third-order valence-electron chi connectivity index (χ3n) is 5.45. The van der Waals surface area contributed by atoms with Gasteiger partial charge < -0.3 is 0 Å². The van der Waals surface area contributed by atoms with E-state index < -0.39 is 0 Å². The Bertz CT molecular complexity index is 1010. The third kappa shape index (κ3) is 4.65. The molecular formula is C23H28N4OS. The van der Waals surface area contributed by atoms with E-state index in [0.29, 0.717) is 0 Å². The van der Waals surface area contributed by atoms with Crippen molar-refractivity contribution >= 4 is 11.3 Å². The van der Waals surface area contributed by atoms with E-state index in [1.165, 1.54) is 5.56 Å². The molecule has 3 heterocycles. The summed E-state index contributed by atoms with van der Waals surface area (Å²) >= 11 is 1.70. The second kappa shape index (κ2) is 8.20. The normalized spacial score (nSPS) is 16.2. The van der Waals surface area contributed by atoms with Crippen LogP contribution in [0.4, 0.5) is 0 Å². The summed E-state index contributed by atoms with van der Waals surface area (Å²) in [5, 5.41) is 7.92. The molecule has 1 fully saturated rings. The van der Waals surface area contributed by atoms with Crippen LogP contribution in [0.2, 0.25) is 0 Å². The topological polar surface area (TPSA) is 51.0 Å². The molecule has 5 nitrogen and oxygen atoms in total. The molecule has 0 bridgehead atoms. The number of hydrogen-bond acceptors (Lipinski definition) is 5. The molecule has 1 aliphatic heterocycles. The minimum atomic E-state index is -0.0583. The Hall–Kier alpha value is -2.31. The summed E-state index contributed by atoms with van der Waals surface area (Å²) in [6.07, 6.45) is 1.88. The standard InChI is InChI=1S/C23H28N4OS/c1-23(2,3)20-9-10-21(28)27(25-20)19-11-13-26(14-12-19)15-18-16-29-22(24-18)17-7-5-4-6-8-17/h4-10,16,19H,11-15H2,1-3H3. The van der Waals surface area contributed by atoms with Crippen molar-refractivity contribution in [3.63, 3.8) is 0 Å². The third-order valence-corrected chi connectivity index (χ3v) is 6.39. The molecule has 1 aliphatic rings. The van der Waals surface area contributed by atoms with Crippen LogP contribution in [-0.2, 0) is 12.0 Å². The summed E-state index contributed by atoms with van der Waals surface area (Å²) < 4.78 is 1.72. The SMILES string of the molecule is CC(C)(C)c1ccc(=O)n(C2CCN(Cc3csc(-c4ccccc4)n3)CC2)n1. The van der Waals surface area contributed by atoms with E-state index in [-0.39, 0.29) is 17.0 Å². The number of nitrogens with zero attached hydrogens (tertiary/aromatic N) is 4. The van der Waals surface area contributed by atoms with E-state index in [2.05, 4.69) is 48.3 Å². The number of piperidine rings is 1. The Morgan fingerprint density at radius 2 is 1.79 bits per heavy atom. The zero-order valence-corrected chi connectivity index (χ0v) is 18.2. The molecule has 1 saturated heterocycles. The predicted molar refractivity (Wildman–Crippen MR) is 118 cm³/mol. The van der Waals surface area contributed by atoms with E-state index >= 15 is 0 Å². The van der Waals surface area contributed by atoms with Crippen molar-refractivity contribution in [3.05, 3.63) is 69.6 Å². The molecule has 1 aromatic carbocycles. The molecule has 6 heteroatoms. The fourth-order valence-electron chi connectivity index (χ4n) is 3.73. The fourth-order valence-corrected chi connectivity index (χ4v) is 4.55. The minimum absolute atomic E-state index is 0.00320. The smallest absolute Gasteiger partial charge is 0.267 e. The summed E-state index contributed by atoms with van der Waals surface area (Å²) in [7, 11) is 0. The van der Waals surface area contributed by atoms with Gasteiger partial charge in [-0.3, -0.25) is 9.69 Å². The number of hydrogen-bond donors (Lipinski definition) is 0. The van der Waals surface area contributed by atoms with Gasteiger partial charge in [0.2, 0.25) is 0 Å². The zero-order valence-electron chi connectivity index (χ0n) is 17.3. The van der Waals surface area contributed by atoms with Gasteiger partial charge in [0.25, 0.3) is 5.56 Å². The van der Waals surface area contributed by atoms with Gasteiger partial charge in [0.15, 0.2) is 0 Å². The molecule has 0 N–H and O–H groups in total. The lowest BCUT2D eigenvalue weighted by atomic mass is 9.92. The number of likely N-dealkylation sites (tertiary alicyclic amines) is 1. The van der Waals surface area contributed by atoms with Gasteiger partial charge in [0, 0.05) is 42.1 Å². The van der Waals surface area contributed by atoms with Gasteiger partial charge in [0.05, 0.1) is 17.4 Å². The maximum Gasteiger partial charge on any atom is 0.267 e. The Morgan fingerprint density at radius 3 is 2.48 bits per heavy atom. The first-order valence-electron chi connectivity index (χ1n) is 10.2. The van der Waals surface area contributed by atoms with Gasteiger partial charge in [0.1, 0.15) is 5.01 Å².